The lowest BCUT2D eigenvalue weighted by Gasteiger charge is -2.07. The first-order valence-corrected chi connectivity index (χ1v) is 5.85. The number of nitrogens with zero attached hydrogens (tertiary/aromatic N) is 1. The zero-order valence-corrected chi connectivity index (χ0v) is 10.7. The molecule has 0 saturated carbocycles. The Morgan fingerprint density at radius 3 is 2.85 bits per heavy atom. The molecule has 0 saturated heterocycles. The zero-order valence-electron chi connectivity index (χ0n) is 10.7. The smallest absolute Gasteiger partial charge is 0.252 e. The van der Waals surface area contributed by atoms with Gasteiger partial charge in [-0.1, -0.05) is 6.07 Å². The third-order valence-corrected chi connectivity index (χ3v) is 2.55. The summed E-state index contributed by atoms with van der Waals surface area (Å²) in [6, 6.07) is 4.61. The lowest BCUT2D eigenvalue weighted by Crippen LogP contribution is -2.14. The minimum atomic E-state index is -0.659. The lowest BCUT2D eigenvalue weighted by atomic mass is 10.2. The van der Waals surface area contributed by atoms with E-state index in [4.69, 9.17) is 4.74 Å². The number of aromatic nitrogens is 2. The van der Waals surface area contributed by atoms with E-state index in [9.17, 15) is 13.6 Å². The molecule has 2 rings (SSSR count). The van der Waals surface area contributed by atoms with E-state index in [0.717, 1.165) is 12.1 Å². The molecule has 0 amide bonds. The van der Waals surface area contributed by atoms with E-state index in [-0.39, 0.29) is 30.2 Å². The molecule has 0 atom stereocenters. The van der Waals surface area contributed by atoms with Crippen LogP contribution in [-0.2, 0) is 17.9 Å². The highest BCUT2D eigenvalue weighted by Crippen LogP contribution is 2.11. The van der Waals surface area contributed by atoms with Crippen LogP contribution in [0.5, 0.6) is 0 Å². The van der Waals surface area contributed by atoms with Crippen LogP contribution in [0.25, 0.3) is 0 Å². The van der Waals surface area contributed by atoms with Gasteiger partial charge in [0.25, 0.3) is 5.56 Å². The summed E-state index contributed by atoms with van der Waals surface area (Å²) in [5.41, 5.74) is 0.388. The Morgan fingerprint density at radius 2 is 2.15 bits per heavy atom. The molecule has 0 bridgehead atoms. The average Bonchev–Trinajstić information content (AvgIpc) is 2.37. The normalized spacial score (nSPS) is 10.6. The van der Waals surface area contributed by atoms with Crippen molar-refractivity contribution < 1.29 is 13.5 Å². The van der Waals surface area contributed by atoms with Crippen molar-refractivity contribution >= 4 is 5.95 Å². The van der Waals surface area contributed by atoms with Crippen molar-refractivity contribution in [1.82, 2.24) is 9.97 Å². The van der Waals surface area contributed by atoms with Crippen LogP contribution in [0.1, 0.15) is 11.3 Å². The third kappa shape index (κ3) is 3.61. The molecule has 0 aliphatic heterocycles. The lowest BCUT2D eigenvalue weighted by molar-refractivity contribution is 0.181. The van der Waals surface area contributed by atoms with Gasteiger partial charge in [-0.15, -0.1) is 0 Å². The van der Waals surface area contributed by atoms with Crippen LogP contribution in [0.15, 0.2) is 29.1 Å². The molecule has 0 aliphatic carbocycles. The third-order valence-electron chi connectivity index (χ3n) is 2.55. The number of aromatic amines is 1. The number of halogens is 2. The second-order valence-electron chi connectivity index (χ2n) is 4.11. The summed E-state index contributed by atoms with van der Waals surface area (Å²) in [6.07, 6.45) is 0. The Bertz CT molecular complexity index is 658. The Labute approximate surface area is 113 Å². The second-order valence-corrected chi connectivity index (χ2v) is 4.11. The minimum Gasteiger partial charge on any atom is -0.378 e. The van der Waals surface area contributed by atoms with Crippen LogP contribution >= 0.6 is 0 Å². The molecule has 1 aromatic carbocycles. The number of ether oxygens (including phenoxy) is 1. The number of rotatable bonds is 5. The summed E-state index contributed by atoms with van der Waals surface area (Å²) in [7, 11) is 1.49. The maximum absolute atomic E-state index is 13.4. The standard InChI is InChI=1S/C13H13F2N3O2/c1-20-7-10-5-12(19)18-13(17-10)16-6-8-2-3-9(14)4-11(8)15/h2-5H,6-7H2,1H3,(H2,16,17,18,19). The second kappa shape index (κ2) is 6.25. The first kappa shape index (κ1) is 14.1. The van der Waals surface area contributed by atoms with Crippen molar-refractivity contribution in [3.63, 3.8) is 0 Å². The Balaban J connectivity index is 2.12. The van der Waals surface area contributed by atoms with Crippen molar-refractivity contribution in [3.05, 3.63) is 57.5 Å². The first-order chi connectivity index (χ1) is 9.58. The molecular formula is C13H13F2N3O2. The molecule has 1 aromatic heterocycles. The van der Waals surface area contributed by atoms with Crippen molar-refractivity contribution in [3.8, 4) is 0 Å². The highest BCUT2D eigenvalue weighted by atomic mass is 19.1. The number of H-pyrrole nitrogens is 1. The fraction of sp³-hybridized carbons (Fsp3) is 0.231. The van der Waals surface area contributed by atoms with Gasteiger partial charge in [-0.05, 0) is 6.07 Å². The highest BCUT2D eigenvalue weighted by molar-refractivity contribution is 5.29. The SMILES string of the molecule is COCc1cc(=O)[nH]c(NCc2ccc(F)cc2F)n1. The summed E-state index contributed by atoms with van der Waals surface area (Å²) in [4.78, 5) is 18.0. The highest BCUT2D eigenvalue weighted by Gasteiger charge is 2.05. The number of hydrogen-bond donors (Lipinski definition) is 2. The van der Waals surface area contributed by atoms with Gasteiger partial charge in [0, 0.05) is 31.4 Å². The van der Waals surface area contributed by atoms with Gasteiger partial charge >= 0.3 is 0 Å². The van der Waals surface area contributed by atoms with E-state index in [1.807, 2.05) is 0 Å². The molecule has 1 heterocycles. The molecule has 106 valence electrons. The maximum Gasteiger partial charge on any atom is 0.252 e. The van der Waals surface area contributed by atoms with Gasteiger partial charge in [-0.25, -0.2) is 13.8 Å². The van der Waals surface area contributed by atoms with Crippen molar-refractivity contribution in [2.75, 3.05) is 12.4 Å². The largest absolute Gasteiger partial charge is 0.378 e. The fourth-order valence-electron chi connectivity index (χ4n) is 1.66. The molecular weight excluding hydrogens is 268 g/mol. The van der Waals surface area contributed by atoms with Gasteiger partial charge in [-0.3, -0.25) is 9.78 Å². The summed E-state index contributed by atoms with van der Waals surface area (Å²) in [5, 5.41) is 2.78. The van der Waals surface area contributed by atoms with Crippen molar-refractivity contribution in [1.29, 1.82) is 0 Å². The zero-order chi connectivity index (χ0) is 14.5. The molecule has 0 unspecified atom stereocenters. The quantitative estimate of drug-likeness (QED) is 0.877. The van der Waals surface area contributed by atoms with Crippen LogP contribution < -0.4 is 10.9 Å². The summed E-state index contributed by atoms with van der Waals surface area (Å²) >= 11 is 0. The van der Waals surface area contributed by atoms with Crippen LogP contribution in [0.2, 0.25) is 0 Å². The van der Waals surface area contributed by atoms with Crippen molar-refractivity contribution in [2.24, 2.45) is 0 Å². The van der Waals surface area contributed by atoms with Crippen LogP contribution in [0.4, 0.5) is 14.7 Å². The van der Waals surface area contributed by atoms with Crippen LogP contribution in [0.3, 0.4) is 0 Å². The monoisotopic (exact) mass is 281 g/mol. The first-order valence-electron chi connectivity index (χ1n) is 5.85. The van der Waals surface area contributed by atoms with Crippen molar-refractivity contribution in [2.45, 2.75) is 13.2 Å². The molecule has 0 radical (unpaired) electrons. The van der Waals surface area contributed by atoms with Gasteiger partial charge in [0.15, 0.2) is 0 Å². The number of benzene rings is 1. The number of methoxy groups -OCH3 is 1. The van der Waals surface area contributed by atoms with Crippen LogP contribution in [0, 0.1) is 11.6 Å². The van der Waals surface area contributed by atoms with E-state index >= 15 is 0 Å². The Hall–Kier alpha value is -2.28. The van der Waals surface area contributed by atoms with Gasteiger partial charge in [0.1, 0.15) is 11.6 Å². The summed E-state index contributed by atoms with van der Waals surface area (Å²) in [6.45, 7) is 0.273. The predicted molar refractivity (Wildman–Crippen MR) is 69.3 cm³/mol. The molecule has 7 heteroatoms. The van der Waals surface area contributed by atoms with E-state index in [1.54, 1.807) is 0 Å². The molecule has 0 fully saturated rings. The van der Waals surface area contributed by atoms with E-state index in [1.165, 1.54) is 19.2 Å². The molecule has 20 heavy (non-hydrogen) atoms. The molecule has 2 aromatic rings. The minimum absolute atomic E-state index is 0.0749. The average molecular weight is 281 g/mol. The summed E-state index contributed by atoms with van der Waals surface area (Å²) < 4.78 is 31.1. The van der Waals surface area contributed by atoms with Crippen LogP contribution in [-0.4, -0.2) is 17.1 Å². The topological polar surface area (TPSA) is 67.0 Å². The molecule has 2 N–H and O–H groups in total. The van der Waals surface area contributed by atoms with Gasteiger partial charge in [-0.2, -0.15) is 0 Å². The van der Waals surface area contributed by atoms with E-state index in [0.29, 0.717) is 5.69 Å². The van der Waals surface area contributed by atoms with Gasteiger partial charge in [0.2, 0.25) is 5.95 Å². The van der Waals surface area contributed by atoms with Gasteiger partial charge in [0.05, 0.1) is 12.3 Å². The molecule has 0 aliphatic rings. The fourth-order valence-corrected chi connectivity index (χ4v) is 1.66. The number of hydrogen-bond acceptors (Lipinski definition) is 4. The molecule has 5 nitrogen and oxygen atoms in total. The summed E-state index contributed by atoms with van der Waals surface area (Å²) in [5.74, 6) is -1.10. The molecule has 0 spiro atoms. The maximum atomic E-state index is 13.4. The number of nitrogens with one attached hydrogen (secondary N) is 2. The van der Waals surface area contributed by atoms with Gasteiger partial charge < -0.3 is 10.1 Å². The Kier molecular flexibility index (Phi) is 4.41. The van der Waals surface area contributed by atoms with E-state index < -0.39 is 11.6 Å². The number of anilines is 1. The Morgan fingerprint density at radius 1 is 1.35 bits per heavy atom. The van der Waals surface area contributed by atoms with E-state index in [2.05, 4.69) is 15.3 Å². The predicted octanol–water partition coefficient (Wildman–Crippen LogP) is 1.81.